The second-order valence-corrected chi connectivity index (χ2v) is 7.83. The van der Waals surface area contributed by atoms with Crippen molar-refractivity contribution >= 4 is 0 Å². The molecule has 2 N–H and O–H groups in total. The van der Waals surface area contributed by atoms with E-state index in [2.05, 4.69) is 59.0 Å². The van der Waals surface area contributed by atoms with Crippen molar-refractivity contribution in [3.05, 3.63) is 41.7 Å². The van der Waals surface area contributed by atoms with Crippen LogP contribution >= 0.6 is 0 Å². The van der Waals surface area contributed by atoms with Gasteiger partial charge in [0.15, 0.2) is 0 Å². The Bertz CT molecular complexity index is 697. The Balaban J connectivity index is 1.41. The minimum atomic E-state index is 0.519. The van der Waals surface area contributed by atoms with Gasteiger partial charge in [0.1, 0.15) is 11.5 Å². The normalized spacial score (nSPS) is 24.0. The quantitative estimate of drug-likeness (QED) is 0.876. The lowest BCUT2D eigenvalue weighted by atomic mass is 9.98. The van der Waals surface area contributed by atoms with Crippen LogP contribution in [0, 0.1) is 5.92 Å². The SMILES string of the molecule is CC(C)CC1CC(CN2CCc3onc(-c4ccccc4)c3C2)NN1. The fourth-order valence-corrected chi connectivity index (χ4v) is 4.10. The van der Waals surface area contributed by atoms with Gasteiger partial charge in [-0.15, -0.1) is 0 Å². The zero-order valence-electron chi connectivity index (χ0n) is 15.2. The first-order valence-electron chi connectivity index (χ1n) is 9.45. The fourth-order valence-electron chi connectivity index (χ4n) is 4.10. The number of hydrogen-bond acceptors (Lipinski definition) is 5. The Morgan fingerprint density at radius 3 is 2.80 bits per heavy atom. The molecular weight excluding hydrogens is 312 g/mol. The number of hydrazine groups is 1. The molecule has 2 aliphatic heterocycles. The smallest absolute Gasteiger partial charge is 0.143 e. The highest BCUT2D eigenvalue weighted by Crippen LogP contribution is 2.30. The predicted octanol–water partition coefficient (Wildman–Crippen LogP) is 2.98. The Morgan fingerprint density at radius 2 is 2.00 bits per heavy atom. The highest BCUT2D eigenvalue weighted by Gasteiger charge is 2.29. The number of benzene rings is 1. The van der Waals surface area contributed by atoms with E-state index in [9.17, 15) is 0 Å². The minimum absolute atomic E-state index is 0.519. The van der Waals surface area contributed by atoms with Gasteiger partial charge in [0.25, 0.3) is 0 Å². The summed E-state index contributed by atoms with van der Waals surface area (Å²) in [6, 6.07) is 11.5. The van der Waals surface area contributed by atoms with Gasteiger partial charge in [0.2, 0.25) is 0 Å². The summed E-state index contributed by atoms with van der Waals surface area (Å²) < 4.78 is 5.62. The molecule has 0 aliphatic carbocycles. The summed E-state index contributed by atoms with van der Waals surface area (Å²) in [4.78, 5) is 2.53. The predicted molar refractivity (Wildman–Crippen MR) is 98.8 cm³/mol. The maximum absolute atomic E-state index is 5.62. The Labute approximate surface area is 149 Å². The van der Waals surface area contributed by atoms with Crippen LogP contribution in [0.15, 0.2) is 34.9 Å². The van der Waals surface area contributed by atoms with E-state index in [1.165, 1.54) is 18.4 Å². The fraction of sp³-hybridized carbons (Fsp3) is 0.550. The molecule has 3 heterocycles. The van der Waals surface area contributed by atoms with Crippen molar-refractivity contribution in [3.8, 4) is 11.3 Å². The van der Waals surface area contributed by atoms with Gasteiger partial charge in [0, 0.05) is 49.3 Å². The second-order valence-electron chi connectivity index (χ2n) is 7.83. The summed E-state index contributed by atoms with van der Waals surface area (Å²) in [7, 11) is 0. The van der Waals surface area contributed by atoms with Crippen molar-refractivity contribution in [3.63, 3.8) is 0 Å². The van der Waals surface area contributed by atoms with Crippen LogP contribution in [0.25, 0.3) is 11.3 Å². The Hall–Kier alpha value is -1.69. The van der Waals surface area contributed by atoms with E-state index in [0.717, 1.165) is 49.0 Å². The largest absolute Gasteiger partial charge is 0.360 e. The molecule has 4 rings (SSSR count). The summed E-state index contributed by atoms with van der Waals surface area (Å²) in [5, 5.41) is 4.35. The summed E-state index contributed by atoms with van der Waals surface area (Å²) in [6.07, 6.45) is 3.39. The molecule has 1 saturated heterocycles. The first-order chi connectivity index (χ1) is 12.2. The minimum Gasteiger partial charge on any atom is -0.360 e. The average molecular weight is 340 g/mol. The number of aromatic nitrogens is 1. The summed E-state index contributed by atoms with van der Waals surface area (Å²) in [5.41, 5.74) is 10.4. The van der Waals surface area contributed by atoms with Gasteiger partial charge < -0.3 is 4.52 Å². The second kappa shape index (κ2) is 7.28. The molecule has 5 heteroatoms. The highest BCUT2D eigenvalue weighted by molar-refractivity contribution is 5.63. The van der Waals surface area contributed by atoms with Crippen molar-refractivity contribution in [1.82, 2.24) is 20.9 Å². The number of hydrogen-bond donors (Lipinski definition) is 2. The molecule has 134 valence electrons. The molecule has 2 unspecified atom stereocenters. The molecule has 5 nitrogen and oxygen atoms in total. The van der Waals surface area contributed by atoms with E-state index in [1.54, 1.807) is 0 Å². The molecule has 1 fully saturated rings. The van der Waals surface area contributed by atoms with E-state index >= 15 is 0 Å². The molecule has 2 atom stereocenters. The van der Waals surface area contributed by atoms with E-state index in [0.29, 0.717) is 12.1 Å². The lowest BCUT2D eigenvalue weighted by molar-refractivity contribution is 0.215. The number of nitrogens with zero attached hydrogens (tertiary/aromatic N) is 2. The van der Waals surface area contributed by atoms with Crippen molar-refractivity contribution < 1.29 is 4.52 Å². The van der Waals surface area contributed by atoms with Crippen LogP contribution in [0.4, 0.5) is 0 Å². The topological polar surface area (TPSA) is 53.3 Å². The van der Waals surface area contributed by atoms with Crippen LogP contribution in [-0.4, -0.2) is 35.2 Å². The van der Waals surface area contributed by atoms with E-state index in [-0.39, 0.29) is 0 Å². The standard InChI is InChI=1S/C20H28N4O/c1-14(2)10-16-11-17(22-21-16)12-24-9-8-19-18(13-24)20(23-25-19)15-6-4-3-5-7-15/h3-7,14,16-17,21-22H,8-13H2,1-2H3. The third-order valence-electron chi connectivity index (χ3n) is 5.25. The van der Waals surface area contributed by atoms with E-state index in [4.69, 9.17) is 4.52 Å². The molecule has 0 bridgehead atoms. The molecule has 0 radical (unpaired) electrons. The summed E-state index contributed by atoms with van der Waals surface area (Å²) in [5.74, 6) is 1.80. The molecule has 1 aromatic heterocycles. The number of fused-ring (bicyclic) bond motifs is 1. The summed E-state index contributed by atoms with van der Waals surface area (Å²) >= 11 is 0. The maximum atomic E-state index is 5.62. The van der Waals surface area contributed by atoms with Crippen LogP contribution in [0.1, 0.15) is 38.0 Å². The van der Waals surface area contributed by atoms with E-state index in [1.807, 2.05) is 6.07 Å². The van der Waals surface area contributed by atoms with Crippen LogP contribution in [-0.2, 0) is 13.0 Å². The van der Waals surface area contributed by atoms with Crippen LogP contribution in [0.2, 0.25) is 0 Å². The first kappa shape index (κ1) is 16.8. The third-order valence-corrected chi connectivity index (χ3v) is 5.25. The van der Waals surface area contributed by atoms with Gasteiger partial charge in [-0.3, -0.25) is 15.8 Å². The van der Waals surface area contributed by atoms with Crippen molar-refractivity contribution in [1.29, 1.82) is 0 Å². The van der Waals surface area contributed by atoms with Gasteiger partial charge in [-0.05, 0) is 18.8 Å². The lowest BCUT2D eigenvalue weighted by Crippen LogP contribution is -2.42. The van der Waals surface area contributed by atoms with Crippen molar-refractivity contribution in [2.75, 3.05) is 13.1 Å². The average Bonchev–Trinajstić information content (AvgIpc) is 3.21. The monoisotopic (exact) mass is 340 g/mol. The summed E-state index contributed by atoms with van der Waals surface area (Å²) in [6.45, 7) is 7.62. The molecule has 0 amide bonds. The molecule has 1 aromatic carbocycles. The van der Waals surface area contributed by atoms with Crippen LogP contribution in [0.3, 0.4) is 0 Å². The number of nitrogens with one attached hydrogen (secondary N) is 2. The molecule has 0 spiro atoms. The van der Waals surface area contributed by atoms with Gasteiger partial charge in [-0.25, -0.2) is 0 Å². The highest BCUT2D eigenvalue weighted by atomic mass is 16.5. The number of rotatable bonds is 5. The van der Waals surface area contributed by atoms with Crippen molar-refractivity contribution in [2.24, 2.45) is 5.92 Å². The van der Waals surface area contributed by atoms with Gasteiger partial charge >= 0.3 is 0 Å². The first-order valence-corrected chi connectivity index (χ1v) is 9.45. The zero-order chi connectivity index (χ0) is 17.2. The molecule has 2 aliphatic rings. The van der Waals surface area contributed by atoms with Crippen LogP contribution in [0.5, 0.6) is 0 Å². The maximum Gasteiger partial charge on any atom is 0.143 e. The molecular formula is C20H28N4O. The van der Waals surface area contributed by atoms with Crippen molar-refractivity contribution in [2.45, 2.75) is 51.7 Å². The van der Waals surface area contributed by atoms with Gasteiger partial charge in [-0.2, -0.15) is 0 Å². The van der Waals surface area contributed by atoms with Gasteiger partial charge in [0.05, 0.1) is 0 Å². The van der Waals surface area contributed by atoms with Gasteiger partial charge in [-0.1, -0.05) is 49.3 Å². The Morgan fingerprint density at radius 1 is 1.20 bits per heavy atom. The zero-order valence-corrected chi connectivity index (χ0v) is 15.2. The Kier molecular flexibility index (Phi) is 4.88. The molecule has 0 saturated carbocycles. The third kappa shape index (κ3) is 3.78. The molecule has 2 aromatic rings. The lowest BCUT2D eigenvalue weighted by Gasteiger charge is -2.28. The van der Waals surface area contributed by atoms with E-state index < -0.39 is 0 Å². The molecule has 25 heavy (non-hydrogen) atoms. The van der Waals surface area contributed by atoms with Crippen LogP contribution < -0.4 is 10.9 Å².